The number of hydrogen-bond acceptors (Lipinski definition) is 9. The van der Waals surface area contributed by atoms with Crippen molar-refractivity contribution in [3.63, 3.8) is 0 Å². The van der Waals surface area contributed by atoms with Gasteiger partial charge in [0.25, 0.3) is 5.91 Å². The number of carbonyl (C=O) groups is 6. The van der Waals surface area contributed by atoms with E-state index in [1.165, 1.54) is 31.1 Å². The van der Waals surface area contributed by atoms with Crippen LogP contribution in [0.4, 0.5) is 10.1 Å². The van der Waals surface area contributed by atoms with Crippen LogP contribution in [0.5, 0.6) is 5.75 Å². The average Bonchev–Trinajstić information content (AvgIpc) is 2.89. The number of anilines is 1. The molecule has 3 aliphatic carbocycles. The highest BCUT2D eigenvalue weighted by atomic mass is 19.1. The third-order valence-electron chi connectivity index (χ3n) is 8.29. The van der Waals surface area contributed by atoms with E-state index in [1.54, 1.807) is 18.2 Å². The Bertz CT molecular complexity index is 1510. The number of benzene rings is 2. The summed E-state index contributed by atoms with van der Waals surface area (Å²) in [6.07, 6.45) is -0.422. The number of aromatic hydroxyl groups is 1. The van der Waals surface area contributed by atoms with Crippen LogP contribution < -0.4 is 11.1 Å². The molecule has 0 spiro atoms. The summed E-state index contributed by atoms with van der Waals surface area (Å²) in [5.74, 6) is -14.2. The van der Waals surface area contributed by atoms with E-state index in [9.17, 15) is 39.0 Å². The minimum Gasteiger partial charge on any atom is -0.505 e. The summed E-state index contributed by atoms with van der Waals surface area (Å²) in [5.41, 5.74) is 1.47. The van der Waals surface area contributed by atoms with E-state index in [4.69, 9.17) is 5.73 Å². The number of halogens is 1. The summed E-state index contributed by atoms with van der Waals surface area (Å²) < 4.78 is 15.4. The Morgan fingerprint density at radius 1 is 1.10 bits per heavy atom. The predicted octanol–water partition coefficient (Wildman–Crippen LogP) is 0.258. The number of primary amides is 1. The van der Waals surface area contributed by atoms with Crippen LogP contribution in [-0.2, 0) is 25.6 Å². The van der Waals surface area contributed by atoms with Gasteiger partial charge in [0, 0.05) is 23.1 Å². The van der Waals surface area contributed by atoms with Gasteiger partial charge in [-0.25, -0.2) is 4.39 Å². The molecule has 0 saturated heterocycles. The van der Waals surface area contributed by atoms with Gasteiger partial charge in [0.05, 0.1) is 23.2 Å². The van der Waals surface area contributed by atoms with Gasteiger partial charge in [-0.15, -0.1) is 0 Å². The van der Waals surface area contributed by atoms with Crippen molar-refractivity contribution >= 4 is 40.6 Å². The zero-order valence-corrected chi connectivity index (χ0v) is 21.5. The number of phenolic OH excluding ortho intramolecular Hbond substituents is 1. The maximum Gasteiger partial charge on any atom is 0.255 e. The maximum atomic E-state index is 15.4. The van der Waals surface area contributed by atoms with Gasteiger partial charge in [-0.3, -0.25) is 33.7 Å². The third kappa shape index (κ3) is 3.78. The summed E-state index contributed by atoms with van der Waals surface area (Å²) in [4.78, 5) is 79.9. The third-order valence-corrected chi connectivity index (χ3v) is 8.29. The Balaban J connectivity index is 1.58. The lowest BCUT2D eigenvalue weighted by Crippen LogP contribution is -2.74. The SMILES string of the molecule is CN(C)[C@@H]1C(=O)C(C(N)=O)C(=O)[C@@]2(O)C(=O)C3C(=O)c4c(O)c(NC(=O)c5ccccc5)cc(F)c4C[C@H]3C[C@@H]12. The number of Topliss-reactive ketones (excluding diaryl/α,β-unsaturated/α-hetero) is 4. The quantitative estimate of drug-likeness (QED) is 0.306. The second-order valence-corrected chi connectivity index (χ2v) is 10.7. The largest absolute Gasteiger partial charge is 0.505 e. The van der Waals surface area contributed by atoms with Crippen molar-refractivity contribution in [2.24, 2.45) is 29.4 Å². The van der Waals surface area contributed by atoms with Gasteiger partial charge < -0.3 is 21.3 Å². The van der Waals surface area contributed by atoms with Gasteiger partial charge in [-0.05, 0) is 45.0 Å². The number of phenols is 1. The maximum absolute atomic E-state index is 15.4. The van der Waals surface area contributed by atoms with Gasteiger partial charge in [0.1, 0.15) is 11.6 Å². The lowest BCUT2D eigenvalue weighted by molar-refractivity contribution is -0.181. The van der Waals surface area contributed by atoms with Crippen LogP contribution in [0.2, 0.25) is 0 Å². The first-order valence-electron chi connectivity index (χ1n) is 12.6. The smallest absolute Gasteiger partial charge is 0.255 e. The Kier molecular flexibility index (Phi) is 6.42. The fourth-order valence-corrected chi connectivity index (χ4v) is 6.51. The van der Waals surface area contributed by atoms with Crippen LogP contribution in [0.3, 0.4) is 0 Å². The molecule has 5 rings (SSSR count). The van der Waals surface area contributed by atoms with E-state index in [0.717, 1.165) is 6.07 Å². The number of hydrogen-bond donors (Lipinski definition) is 4. The lowest BCUT2D eigenvalue weighted by Gasteiger charge is -2.52. The lowest BCUT2D eigenvalue weighted by atomic mass is 9.52. The molecular formula is C28H26FN3O8. The molecule has 11 nitrogen and oxygen atoms in total. The molecule has 3 aliphatic rings. The molecule has 40 heavy (non-hydrogen) atoms. The summed E-state index contributed by atoms with van der Waals surface area (Å²) >= 11 is 0. The molecule has 2 aromatic rings. The van der Waals surface area contributed by atoms with E-state index >= 15 is 4.39 Å². The number of aliphatic hydroxyl groups is 1. The van der Waals surface area contributed by atoms with Crippen molar-refractivity contribution < 1.29 is 43.4 Å². The molecular weight excluding hydrogens is 525 g/mol. The molecule has 0 aliphatic heterocycles. The molecule has 2 unspecified atom stereocenters. The molecule has 0 heterocycles. The van der Waals surface area contributed by atoms with Crippen LogP contribution in [0, 0.1) is 29.5 Å². The highest BCUT2D eigenvalue weighted by Gasteiger charge is 2.69. The minimum atomic E-state index is -2.88. The molecule has 2 fully saturated rings. The van der Waals surface area contributed by atoms with E-state index < -0.39 is 93.1 Å². The van der Waals surface area contributed by atoms with Gasteiger partial charge in [0.2, 0.25) is 5.91 Å². The first-order valence-corrected chi connectivity index (χ1v) is 12.6. The molecule has 0 aromatic heterocycles. The highest BCUT2D eigenvalue weighted by Crippen LogP contribution is 2.51. The first kappa shape index (κ1) is 27.3. The molecule has 12 heteroatoms. The van der Waals surface area contributed by atoms with E-state index in [2.05, 4.69) is 5.32 Å². The fourth-order valence-electron chi connectivity index (χ4n) is 6.51. The van der Waals surface area contributed by atoms with E-state index in [-0.39, 0.29) is 24.0 Å². The number of amides is 2. The number of nitrogens with two attached hydrogens (primary N) is 1. The number of nitrogens with zero attached hydrogens (tertiary/aromatic N) is 1. The van der Waals surface area contributed by atoms with Crippen LogP contribution in [0.15, 0.2) is 36.4 Å². The minimum absolute atomic E-state index is 0.190. The van der Waals surface area contributed by atoms with Crippen LogP contribution in [-0.4, -0.2) is 75.8 Å². The average molecular weight is 552 g/mol. The van der Waals surface area contributed by atoms with Gasteiger partial charge in [0.15, 0.2) is 34.7 Å². The number of rotatable bonds is 4. The molecule has 2 aromatic carbocycles. The van der Waals surface area contributed by atoms with Crippen LogP contribution >= 0.6 is 0 Å². The van der Waals surface area contributed by atoms with Crippen molar-refractivity contribution in [2.75, 3.05) is 19.4 Å². The molecule has 6 atom stereocenters. The van der Waals surface area contributed by atoms with Gasteiger partial charge in [-0.1, -0.05) is 18.2 Å². The van der Waals surface area contributed by atoms with Gasteiger partial charge >= 0.3 is 0 Å². The first-order chi connectivity index (χ1) is 18.8. The van der Waals surface area contributed by atoms with Crippen molar-refractivity contribution in [3.05, 3.63) is 58.9 Å². The number of ketones is 4. The zero-order chi connectivity index (χ0) is 29.3. The van der Waals surface area contributed by atoms with Crippen molar-refractivity contribution in [3.8, 4) is 5.75 Å². The monoisotopic (exact) mass is 551 g/mol. The second kappa shape index (κ2) is 9.42. The number of fused-ring (bicyclic) bond motifs is 3. The van der Waals surface area contributed by atoms with Gasteiger partial charge in [-0.2, -0.15) is 0 Å². The molecule has 5 N–H and O–H groups in total. The molecule has 208 valence electrons. The Hall–Kier alpha value is -4.29. The van der Waals surface area contributed by atoms with Crippen molar-refractivity contribution in [2.45, 2.75) is 24.5 Å². The summed E-state index contributed by atoms with van der Waals surface area (Å²) in [5, 5.41) is 24.9. The summed E-state index contributed by atoms with van der Waals surface area (Å²) in [7, 11) is 2.94. The number of carbonyl (C=O) groups excluding carboxylic acids is 6. The molecule has 0 bridgehead atoms. The molecule has 2 saturated carbocycles. The zero-order valence-electron chi connectivity index (χ0n) is 21.5. The van der Waals surface area contributed by atoms with Crippen LogP contribution in [0.1, 0.15) is 32.7 Å². The highest BCUT2D eigenvalue weighted by molar-refractivity contribution is 6.32. The van der Waals surface area contributed by atoms with E-state index in [0.29, 0.717) is 0 Å². The predicted molar refractivity (Wildman–Crippen MR) is 136 cm³/mol. The van der Waals surface area contributed by atoms with Crippen molar-refractivity contribution in [1.82, 2.24) is 4.90 Å². The Morgan fingerprint density at radius 2 is 1.75 bits per heavy atom. The Labute approximate surface area is 227 Å². The van der Waals surface area contributed by atoms with Crippen LogP contribution in [0.25, 0.3) is 0 Å². The topological polar surface area (TPSA) is 184 Å². The Morgan fingerprint density at radius 3 is 2.35 bits per heavy atom. The molecule has 0 radical (unpaired) electrons. The number of likely N-dealkylation sites (N-methyl/N-ethyl adjacent to an activating group) is 1. The summed E-state index contributed by atoms with van der Waals surface area (Å²) in [6.45, 7) is 0. The standard InChI is InChI=1S/C28H26FN3O8/c1-32(2)20-14-9-12-8-13-15(29)10-16(31-27(39)11-6-4-3-5-7-11)21(33)18(13)22(34)17(12)24(36)28(14,40)25(37)19(23(20)35)26(30)38/h3-7,10,12,14,17,19-20,33,40H,8-9H2,1-2H3,(H2,30,38)(H,31,39)/t12-,14-,17?,19?,20-,28-/m0/s1. The second-order valence-electron chi connectivity index (χ2n) is 10.7. The fraction of sp³-hybridized carbons (Fsp3) is 0.357. The van der Waals surface area contributed by atoms with Crippen molar-refractivity contribution in [1.29, 1.82) is 0 Å². The van der Waals surface area contributed by atoms with E-state index in [1.807, 2.05) is 0 Å². The summed E-state index contributed by atoms with van der Waals surface area (Å²) in [6, 6.07) is 7.47. The number of nitrogens with one attached hydrogen (secondary N) is 1. The molecule has 2 amide bonds. The normalized spacial score (nSPS) is 29.5.